The van der Waals surface area contributed by atoms with Crippen molar-refractivity contribution in [3.8, 4) is 5.82 Å². The number of aliphatic hydroxyl groups is 1. The average molecular weight is 511 g/mol. The Hall–Kier alpha value is -2.66. The Bertz CT molecular complexity index is 1260. The van der Waals surface area contributed by atoms with Crippen molar-refractivity contribution in [2.75, 3.05) is 57.5 Å². The fourth-order valence-electron chi connectivity index (χ4n) is 6.05. The first-order chi connectivity index (χ1) is 18.0. The lowest BCUT2D eigenvalue weighted by Gasteiger charge is -2.38. The lowest BCUT2D eigenvalue weighted by atomic mass is 9.84. The third kappa shape index (κ3) is 4.83. The van der Waals surface area contributed by atoms with E-state index in [2.05, 4.69) is 43.9 Å². The number of alkyl halides is 1. The number of morpholine rings is 1. The monoisotopic (exact) mass is 510 g/mol. The molecule has 5 heterocycles. The normalized spacial score (nSPS) is 27.3. The molecule has 10 heteroatoms. The van der Waals surface area contributed by atoms with E-state index < -0.39 is 6.17 Å². The van der Waals surface area contributed by atoms with Gasteiger partial charge < -0.3 is 19.5 Å². The molecule has 3 saturated heterocycles. The molecule has 0 spiro atoms. The topological polar surface area (TPSA) is 88.8 Å². The molecular formula is C27H35FN6O3. The second-order valence-electron chi connectivity index (χ2n) is 10.5. The summed E-state index contributed by atoms with van der Waals surface area (Å²) in [4.78, 5) is 13.7. The van der Waals surface area contributed by atoms with Gasteiger partial charge in [-0.15, -0.1) is 0 Å². The van der Waals surface area contributed by atoms with Crippen LogP contribution >= 0.6 is 0 Å². The van der Waals surface area contributed by atoms with Gasteiger partial charge in [0.2, 0.25) is 0 Å². The zero-order valence-corrected chi connectivity index (χ0v) is 21.5. The van der Waals surface area contributed by atoms with Crippen molar-refractivity contribution < 1.29 is 19.0 Å². The first-order valence-electron chi connectivity index (χ1n) is 13.3. The van der Waals surface area contributed by atoms with Crippen LogP contribution in [0.3, 0.4) is 0 Å². The summed E-state index contributed by atoms with van der Waals surface area (Å²) in [5.74, 6) is 1.96. The van der Waals surface area contributed by atoms with E-state index in [1.807, 2.05) is 23.9 Å². The van der Waals surface area contributed by atoms with Crippen molar-refractivity contribution in [1.29, 1.82) is 0 Å². The number of hydrogen-bond acceptors (Lipinski definition) is 8. The van der Waals surface area contributed by atoms with Crippen LogP contribution in [0.25, 0.3) is 16.7 Å². The van der Waals surface area contributed by atoms with Gasteiger partial charge >= 0.3 is 0 Å². The zero-order valence-electron chi connectivity index (χ0n) is 21.5. The molecule has 1 aromatic carbocycles. The highest BCUT2D eigenvalue weighted by Gasteiger charge is 2.35. The van der Waals surface area contributed by atoms with E-state index in [-0.39, 0.29) is 18.6 Å². The van der Waals surface area contributed by atoms with E-state index in [1.165, 1.54) is 0 Å². The van der Waals surface area contributed by atoms with Gasteiger partial charge in [0.15, 0.2) is 5.82 Å². The molecule has 198 valence electrons. The summed E-state index contributed by atoms with van der Waals surface area (Å²) in [5.41, 5.74) is 3.06. The maximum absolute atomic E-state index is 15.6. The summed E-state index contributed by atoms with van der Waals surface area (Å²) in [5, 5.41) is 15.2. The third-order valence-electron chi connectivity index (χ3n) is 8.04. The van der Waals surface area contributed by atoms with Gasteiger partial charge in [-0.25, -0.2) is 19.0 Å². The number of benzene rings is 1. The summed E-state index contributed by atoms with van der Waals surface area (Å²) < 4.78 is 28.5. The Kier molecular flexibility index (Phi) is 6.83. The van der Waals surface area contributed by atoms with Crippen LogP contribution in [0, 0.1) is 13.8 Å². The third-order valence-corrected chi connectivity index (χ3v) is 8.04. The minimum Gasteiger partial charge on any atom is -0.394 e. The van der Waals surface area contributed by atoms with Crippen molar-refractivity contribution in [3.63, 3.8) is 0 Å². The average Bonchev–Trinajstić information content (AvgIpc) is 3.58. The van der Waals surface area contributed by atoms with Crippen LogP contribution < -0.4 is 4.90 Å². The van der Waals surface area contributed by atoms with E-state index in [4.69, 9.17) is 9.47 Å². The van der Waals surface area contributed by atoms with Crippen LogP contribution in [0.4, 0.5) is 10.2 Å². The van der Waals surface area contributed by atoms with Crippen molar-refractivity contribution in [1.82, 2.24) is 24.6 Å². The molecule has 3 fully saturated rings. The Labute approximate surface area is 216 Å². The largest absolute Gasteiger partial charge is 0.394 e. The minimum absolute atomic E-state index is 0.0255. The standard InChI is InChI=1S/C27H35FN6O3/c1-17-9-19-12-29-34(27-11-26(30-18(2)31-27)33-6-8-37-21(13-33)15-35)25(19)10-23(17)22-3-5-32(14-24(22)28)20-4-7-36-16-20/h9-12,20-22,24,35H,3-8,13-16H2,1-2H3/t20?,21-,22+,24+/m0/s1. The number of aliphatic hydroxyl groups excluding tert-OH is 1. The SMILES string of the molecule is Cc1nc(N2CCO[C@H](CO)C2)cc(-n2ncc3cc(C)c([C@H]4CCN(C5CCOC5)C[C@H]4F)cc32)n1. The first kappa shape index (κ1) is 24.7. The number of halogens is 1. The molecular weight excluding hydrogens is 475 g/mol. The molecule has 6 rings (SSSR count). The molecule has 0 amide bonds. The lowest BCUT2D eigenvalue weighted by Crippen LogP contribution is -2.46. The highest BCUT2D eigenvalue weighted by atomic mass is 19.1. The second-order valence-corrected chi connectivity index (χ2v) is 10.5. The van der Waals surface area contributed by atoms with E-state index in [1.54, 1.807) is 0 Å². The maximum atomic E-state index is 15.6. The van der Waals surface area contributed by atoms with Crippen LogP contribution in [0.1, 0.15) is 35.7 Å². The van der Waals surface area contributed by atoms with E-state index in [9.17, 15) is 5.11 Å². The van der Waals surface area contributed by atoms with Crippen LogP contribution in [-0.2, 0) is 9.47 Å². The van der Waals surface area contributed by atoms with Crippen LogP contribution in [0.15, 0.2) is 24.4 Å². The number of piperidine rings is 1. The summed E-state index contributed by atoms with van der Waals surface area (Å²) in [7, 11) is 0. The number of aryl methyl sites for hydroxylation is 2. The zero-order chi connectivity index (χ0) is 25.5. The van der Waals surface area contributed by atoms with Gasteiger partial charge in [0.1, 0.15) is 17.8 Å². The molecule has 37 heavy (non-hydrogen) atoms. The minimum atomic E-state index is -0.921. The molecule has 3 aromatic rings. The molecule has 0 saturated carbocycles. The summed E-state index contributed by atoms with van der Waals surface area (Å²) >= 11 is 0. The fourth-order valence-corrected chi connectivity index (χ4v) is 6.05. The Morgan fingerprint density at radius 3 is 2.70 bits per heavy atom. The molecule has 9 nitrogen and oxygen atoms in total. The molecule has 4 atom stereocenters. The van der Waals surface area contributed by atoms with Crippen molar-refractivity contribution in [2.24, 2.45) is 0 Å². The molecule has 0 bridgehead atoms. The number of likely N-dealkylation sites (tertiary alicyclic amines) is 1. The molecule has 1 N–H and O–H groups in total. The van der Waals surface area contributed by atoms with E-state index in [0.717, 1.165) is 53.8 Å². The smallest absolute Gasteiger partial charge is 0.159 e. The van der Waals surface area contributed by atoms with Crippen LogP contribution in [0.5, 0.6) is 0 Å². The van der Waals surface area contributed by atoms with Gasteiger partial charge in [0, 0.05) is 49.7 Å². The molecule has 1 unspecified atom stereocenters. The molecule has 0 aliphatic carbocycles. The summed E-state index contributed by atoms with van der Waals surface area (Å²) in [6.45, 7) is 8.55. The maximum Gasteiger partial charge on any atom is 0.159 e. The van der Waals surface area contributed by atoms with Gasteiger partial charge in [-0.1, -0.05) is 0 Å². The van der Waals surface area contributed by atoms with Gasteiger partial charge in [-0.2, -0.15) is 5.10 Å². The predicted molar refractivity (Wildman–Crippen MR) is 138 cm³/mol. The van der Waals surface area contributed by atoms with Gasteiger partial charge in [0.05, 0.1) is 37.6 Å². The number of ether oxygens (including phenoxy) is 2. The van der Waals surface area contributed by atoms with Crippen molar-refractivity contribution >= 4 is 16.7 Å². The van der Waals surface area contributed by atoms with Gasteiger partial charge in [-0.05, 0) is 56.5 Å². The van der Waals surface area contributed by atoms with Crippen molar-refractivity contribution in [3.05, 3.63) is 41.3 Å². The number of anilines is 1. The van der Waals surface area contributed by atoms with Gasteiger partial charge in [-0.3, -0.25) is 4.90 Å². The molecule has 0 radical (unpaired) electrons. The lowest BCUT2D eigenvalue weighted by molar-refractivity contribution is 0.00335. The van der Waals surface area contributed by atoms with Crippen LogP contribution in [0.2, 0.25) is 0 Å². The van der Waals surface area contributed by atoms with Crippen LogP contribution in [-0.4, -0.2) is 101 Å². The van der Waals surface area contributed by atoms with E-state index >= 15 is 4.39 Å². The highest BCUT2D eigenvalue weighted by molar-refractivity contribution is 5.82. The number of aromatic nitrogens is 4. The number of hydrogen-bond donors (Lipinski definition) is 1. The molecule has 2 aromatic heterocycles. The predicted octanol–water partition coefficient (Wildman–Crippen LogP) is 2.55. The number of rotatable bonds is 5. The first-order valence-corrected chi connectivity index (χ1v) is 13.3. The van der Waals surface area contributed by atoms with Gasteiger partial charge in [0.25, 0.3) is 0 Å². The Morgan fingerprint density at radius 2 is 1.92 bits per heavy atom. The molecule has 3 aliphatic rings. The quantitative estimate of drug-likeness (QED) is 0.560. The second kappa shape index (κ2) is 10.2. The Balaban J connectivity index is 1.30. The summed E-state index contributed by atoms with van der Waals surface area (Å²) in [6, 6.07) is 6.50. The number of fused-ring (bicyclic) bond motifs is 1. The van der Waals surface area contributed by atoms with E-state index in [0.29, 0.717) is 50.5 Å². The number of nitrogens with zero attached hydrogens (tertiary/aromatic N) is 6. The summed E-state index contributed by atoms with van der Waals surface area (Å²) in [6.07, 6.45) is 2.47. The highest BCUT2D eigenvalue weighted by Crippen LogP contribution is 2.36. The fraction of sp³-hybridized carbons (Fsp3) is 0.593. The molecule has 3 aliphatic heterocycles. The van der Waals surface area contributed by atoms with Crippen molar-refractivity contribution in [2.45, 2.75) is 50.9 Å². The Morgan fingerprint density at radius 1 is 1.05 bits per heavy atom.